The first-order valence-electron chi connectivity index (χ1n) is 6.81. The van der Waals surface area contributed by atoms with Gasteiger partial charge in [0.05, 0.1) is 19.4 Å². The molecule has 9 heteroatoms. The van der Waals surface area contributed by atoms with Gasteiger partial charge in [-0.15, -0.1) is 0 Å². The molecule has 0 N–H and O–H groups in total. The molecule has 2 aliphatic rings. The highest BCUT2D eigenvalue weighted by Crippen LogP contribution is 2.29. The molecule has 2 aliphatic heterocycles. The Hall–Kier alpha value is -1.35. The van der Waals surface area contributed by atoms with Crippen molar-refractivity contribution in [2.75, 3.05) is 19.4 Å². The smallest absolute Gasteiger partial charge is 0.334 e. The summed E-state index contributed by atoms with van der Waals surface area (Å²) in [5.41, 5.74) is 0.620. The van der Waals surface area contributed by atoms with Crippen LogP contribution in [0.25, 0.3) is 0 Å². The zero-order chi connectivity index (χ0) is 15.0. The lowest BCUT2D eigenvalue weighted by Gasteiger charge is -2.43. The quantitative estimate of drug-likeness (QED) is 0.833. The van der Waals surface area contributed by atoms with Crippen LogP contribution >= 0.6 is 11.5 Å². The molecule has 2 amide bonds. The number of sulfonamides is 1. The summed E-state index contributed by atoms with van der Waals surface area (Å²) in [7, 11) is -2.10. The fourth-order valence-corrected chi connectivity index (χ4v) is 5.20. The number of ether oxygens (including phenoxy) is 1. The Kier molecular flexibility index (Phi) is 3.78. The summed E-state index contributed by atoms with van der Waals surface area (Å²) in [6.07, 6.45) is 2.67. The monoisotopic (exact) mass is 331 g/mol. The van der Waals surface area contributed by atoms with Gasteiger partial charge in [-0.05, 0) is 30.8 Å². The molecule has 0 bridgehead atoms. The van der Waals surface area contributed by atoms with E-state index < -0.39 is 16.1 Å². The number of carbonyl (C=O) groups excluding carboxylic acids is 1. The second-order valence-corrected chi connectivity index (χ2v) is 7.83. The van der Waals surface area contributed by atoms with Crippen LogP contribution in [-0.4, -0.2) is 53.5 Å². The van der Waals surface area contributed by atoms with E-state index >= 15 is 0 Å². The molecule has 1 atom stereocenters. The number of fused-ring (bicyclic) bond motifs is 1. The molecular formula is C12H17N3O4S2. The van der Waals surface area contributed by atoms with E-state index in [1.54, 1.807) is 10.3 Å². The molecular weight excluding hydrogens is 314 g/mol. The minimum atomic E-state index is -3.58. The Balaban J connectivity index is 1.87. The first kappa shape index (κ1) is 14.6. The van der Waals surface area contributed by atoms with Gasteiger partial charge in [-0.3, -0.25) is 0 Å². The summed E-state index contributed by atoms with van der Waals surface area (Å²) >= 11 is 1.18. The summed E-state index contributed by atoms with van der Waals surface area (Å²) in [6, 6.07) is -0.589. The van der Waals surface area contributed by atoms with Crippen LogP contribution in [0.1, 0.15) is 24.8 Å². The van der Waals surface area contributed by atoms with Crippen molar-refractivity contribution in [3.63, 3.8) is 0 Å². The van der Waals surface area contributed by atoms with Gasteiger partial charge in [-0.1, -0.05) is 0 Å². The molecule has 2 saturated heterocycles. The number of piperidine rings is 1. The average molecular weight is 331 g/mol. The molecule has 3 heterocycles. The van der Waals surface area contributed by atoms with E-state index in [-0.39, 0.29) is 18.3 Å². The number of hydrogen-bond donors (Lipinski definition) is 0. The topological polar surface area (TPSA) is 79.8 Å². The summed E-state index contributed by atoms with van der Waals surface area (Å²) in [5.74, 6) is 0.391. The van der Waals surface area contributed by atoms with Gasteiger partial charge in [0.25, 0.3) is 0 Å². The fraction of sp³-hybridized carbons (Fsp3) is 0.667. The number of amides is 2. The highest BCUT2D eigenvalue weighted by molar-refractivity contribution is 7.89. The maximum absolute atomic E-state index is 12.5. The first-order chi connectivity index (χ1) is 10.0. The van der Waals surface area contributed by atoms with Gasteiger partial charge >= 0.3 is 6.03 Å². The van der Waals surface area contributed by atoms with Crippen molar-refractivity contribution < 1.29 is 17.9 Å². The largest absolute Gasteiger partial charge is 0.480 e. The number of nitrogens with zero attached hydrogens (tertiary/aromatic N) is 3. The fourth-order valence-electron chi connectivity index (χ4n) is 2.86. The predicted molar refractivity (Wildman–Crippen MR) is 77.7 cm³/mol. The Morgan fingerprint density at radius 1 is 1.48 bits per heavy atom. The van der Waals surface area contributed by atoms with Crippen molar-refractivity contribution >= 4 is 27.6 Å². The van der Waals surface area contributed by atoms with Crippen LogP contribution in [0.2, 0.25) is 0 Å². The maximum atomic E-state index is 12.5. The van der Waals surface area contributed by atoms with Crippen LogP contribution in [0.3, 0.4) is 0 Å². The van der Waals surface area contributed by atoms with Gasteiger partial charge in [0.2, 0.25) is 15.9 Å². The Labute approximate surface area is 127 Å². The Morgan fingerprint density at radius 3 is 3.05 bits per heavy atom. The molecule has 0 radical (unpaired) electrons. The second kappa shape index (κ2) is 5.45. The minimum Gasteiger partial charge on any atom is -0.480 e. The zero-order valence-electron chi connectivity index (χ0n) is 11.7. The summed E-state index contributed by atoms with van der Waals surface area (Å²) < 4.78 is 34.9. The molecule has 0 aromatic carbocycles. The minimum absolute atomic E-state index is 0.00986. The second-order valence-electron chi connectivity index (χ2n) is 5.26. The van der Waals surface area contributed by atoms with Crippen molar-refractivity contribution in [3.05, 3.63) is 10.9 Å². The van der Waals surface area contributed by atoms with Gasteiger partial charge in [0, 0.05) is 23.5 Å². The van der Waals surface area contributed by atoms with Crippen LogP contribution in [-0.2, 0) is 16.6 Å². The van der Waals surface area contributed by atoms with Crippen molar-refractivity contribution in [2.24, 2.45) is 0 Å². The average Bonchev–Trinajstić information content (AvgIpc) is 2.90. The van der Waals surface area contributed by atoms with Gasteiger partial charge < -0.3 is 9.64 Å². The third kappa shape index (κ3) is 2.59. The Bertz CT molecular complexity index is 643. The summed E-state index contributed by atoms with van der Waals surface area (Å²) in [4.78, 5) is 14.2. The Morgan fingerprint density at radius 2 is 2.29 bits per heavy atom. The molecule has 7 nitrogen and oxygen atoms in total. The molecule has 0 spiro atoms. The SMILES string of the molecule is COc1nscc1CN1C(=O)N2CCCCC2CS1(=O)=O. The van der Waals surface area contributed by atoms with Crippen LogP contribution in [0, 0.1) is 0 Å². The number of hydrogen-bond acceptors (Lipinski definition) is 6. The first-order valence-corrected chi connectivity index (χ1v) is 9.26. The number of rotatable bonds is 3. The lowest BCUT2D eigenvalue weighted by atomic mass is 10.0. The molecule has 116 valence electrons. The molecule has 1 aromatic rings. The van der Waals surface area contributed by atoms with Gasteiger partial charge in [-0.25, -0.2) is 17.5 Å². The van der Waals surface area contributed by atoms with Crippen LogP contribution in [0.15, 0.2) is 5.38 Å². The maximum Gasteiger partial charge on any atom is 0.334 e. The van der Waals surface area contributed by atoms with E-state index in [1.165, 1.54) is 18.6 Å². The zero-order valence-corrected chi connectivity index (χ0v) is 13.3. The standard InChI is InChI=1S/C12H17N3O4S2/c1-19-11-9(7-20-13-11)6-15-12(16)14-5-3-2-4-10(14)8-21(15,17)18/h7,10H,2-6,8H2,1H3. The normalized spacial score (nSPS) is 24.8. The molecule has 3 rings (SSSR count). The van der Waals surface area contributed by atoms with Crippen molar-refractivity contribution in [1.29, 1.82) is 0 Å². The van der Waals surface area contributed by atoms with Crippen LogP contribution in [0.4, 0.5) is 4.79 Å². The number of urea groups is 1. The lowest BCUT2D eigenvalue weighted by molar-refractivity contribution is 0.131. The number of carbonyl (C=O) groups is 1. The van der Waals surface area contributed by atoms with Crippen molar-refractivity contribution in [1.82, 2.24) is 13.6 Å². The van der Waals surface area contributed by atoms with E-state index in [9.17, 15) is 13.2 Å². The number of aromatic nitrogens is 1. The predicted octanol–water partition coefficient (Wildman–Crippen LogP) is 1.27. The van der Waals surface area contributed by atoms with Gasteiger partial charge in [-0.2, -0.15) is 4.37 Å². The van der Waals surface area contributed by atoms with Crippen LogP contribution < -0.4 is 4.74 Å². The molecule has 0 aliphatic carbocycles. The molecule has 1 unspecified atom stereocenters. The highest BCUT2D eigenvalue weighted by Gasteiger charge is 2.43. The van der Waals surface area contributed by atoms with E-state index in [0.717, 1.165) is 23.6 Å². The van der Waals surface area contributed by atoms with Gasteiger partial charge in [0.1, 0.15) is 0 Å². The molecule has 0 saturated carbocycles. The van der Waals surface area contributed by atoms with Crippen molar-refractivity contribution in [3.8, 4) is 5.88 Å². The highest BCUT2D eigenvalue weighted by atomic mass is 32.2. The van der Waals surface area contributed by atoms with E-state index in [0.29, 0.717) is 18.0 Å². The van der Waals surface area contributed by atoms with E-state index in [4.69, 9.17) is 4.74 Å². The van der Waals surface area contributed by atoms with Gasteiger partial charge in [0.15, 0.2) is 0 Å². The van der Waals surface area contributed by atoms with E-state index in [1.807, 2.05) is 0 Å². The third-order valence-corrected chi connectivity index (χ3v) is 6.36. The number of methoxy groups -OCH3 is 1. The molecule has 21 heavy (non-hydrogen) atoms. The molecule has 1 aromatic heterocycles. The van der Waals surface area contributed by atoms with Crippen molar-refractivity contribution in [2.45, 2.75) is 31.8 Å². The van der Waals surface area contributed by atoms with E-state index in [2.05, 4.69) is 4.37 Å². The molecule has 2 fully saturated rings. The lowest BCUT2D eigenvalue weighted by Crippen LogP contribution is -2.60. The van der Waals surface area contributed by atoms with Crippen LogP contribution in [0.5, 0.6) is 5.88 Å². The summed E-state index contributed by atoms with van der Waals surface area (Å²) in [6.45, 7) is 0.624. The third-order valence-electron chi connectivity index (χ3n) is 3.94. The summed E-state index contributed by atoms with van der Waals surface area (Å²) in [5, 5.41) is 1.71.